The third-order valence-electron chi connectivity index (χ3n) is 10.9. The topological polar surface area (TPSA) is 38.7 Å². The van der Waals surface area contributed by atoms with Crippen molar-refractivity contribution in [2.24, 2.45) is 0 Å². The molecular weight excluding hydrogens is 615 g/mol. The van der Waals surface area contributed by atoms with Gasteiger partial charge in [0.25, 0.3) is 0 Å². The zero-order chi connectivity index (χ0) is 33.3. The monoisotopic (exact) mass is 649 g/mol. The van der Waals surface area contributed by atoms with Gasteiger partial charge in [0.05, 0.1) is 0 Å². The highest BCUT2D eigenvalue weighted by atomic mass is 32.1. The zero-order valence-corrected chi connectivity index (χ0v) is 28.8. The van der Waals surface area contributed by atoms with Crippen LogP contribution in [0.4, 0.5) is 0 Å². The van der Waals surface area contributed by atoms with Gasteiger partial charge in [-0.1, -0.05) is 149 Å². The summed E-state index contributed by atoms with van der Waals surface area (Å²) in [5.41, 5.74) is 10.7. The molecule has 0 amide bonds. The standard InChI is InChI=1S/C45H35N3S/c1-44(2)35-25-26-38-40(34-17-11-12-18-37(34)49-38)39(35)33-24-23-32(27-36(33)45(44,3)4)28-19-21-31(22-20-28)43-47-41(29-13-7-5-8-14-29)46-42(48-43)30-15-9-6-10-16-30/h5-27H,1-4H3. The van der Waals surface area contributed by atoms with Crippen molar-refractivity contribution in [3.05, 3.63) is 151 Å². The van der Waals surface area contributed by atoms with Gasteiger partial charge in [-0.2, -0.15) is 0 Å². The summed E-state index contributed by atoms with van der Waals surface area (Å²) in [5, 5.41) is 2.74. The number of rotatable bonds is 4. The second-order valence-corrected chi connectivity index (χ2v) is 15.2. The molecule has 0 atom stereocenters. The molecule has 2 aromatic heterocycles. The molecule has 0 N–H and O–H groups in total. The van der Waals surface area contributed by atoms with Crippen molar-refractivity contribution in [3.8, 4) is 56.4 Å². The average molecular weight is 650 g/mol. The zero-order valence-electron chi connectivity index (χ0n) is 28.0. The van der Waals surface area contributed by atoms with E-state index in [1.807, 2.05) is 72.0 Å². The lowest BCUT2D eigenvalue weighted by atomic mass is 9.55. The number of benzene rings is 6. The Morgan fingerprint density at radius 2 is 0.939 bits per heavy atom. The highest BCUT2D eigenvalue weighted by Crippen LogP contribution is 2.57. The molecule has 0 saturated carbocycles. The van der Waals surface area contributed by atoms with Crippen LogP contribution in [0.2, 0.25) is 0 Å². The summed E-state index contributed by atoms with van der Waals surface area (Å²) >= 11 is 1.89. The second-order valence-electron chi connectivity index (χ2n) is 14.1. The molecule has 3 nitrogen and oxygen atoms in total. The maximum atomic E-state index is 4.94. The fraction of sp³-hybridized carbons (Fsp3) is 0.133. The molecule has 236 valence electrons. The minimum atomic E-state index is -0.0860. The van der Waals surface area contributed by atoms with Gasteiger partial charge in [0, 0.05) is 36.9 Å². The third-order valence-corrected chi connectivity index (χ3v) is 12.1. The van der Waals surface area contributed by atoms with E-state index in [0.717, 1.165) is 16.7 Å². The van der Waals surface area contributed by atoms with Gasteiger partial charge in [-0.15, -0.1) is 11.3 Å². The minimum Gasteiger partial charge on any atom is -0.208 e. The first-order valence-corrected chi connectivity index (χ1v) is 17.7. The minimum absolute atomic E-state index is 0.0688. The van der Waals surface area contributed by atoms with E-state index in [9.17, 15) is 0 Å². The lowest BCUT2D eigenvalue weighted by molar-refractivity contribution is 0.299. The van der Waals surface area contributed by atoms with Crippen LogP contribution in [0, 0.1) is 0 Å². The number of hydrogen-bond donors (Lipinski definition) is 0. The van der Waals surface area contributed by atoms with Crippen molar-refractivity contribution < 1.29 is 0 Å². The second kappa shape index (κ2) is 11.0. The highest BCUT2D eigenvalue weighted by Gasteiger charge is 2.46. The molecule has 0 saturated heterocycles. The molecule has 49 heavy (non-hydrogen) atoms. The van der Waals surface area contributed by atoms with E-state index < -0.39 is 0 Å². The molecule has 6 aromatic carbocycles. The van der Waals surface area contributed by atoms with Crippen LogP contribution in [0.25, 0.3) is 76.6 Å². The van der Waals surface area contributed by atoms with Crippen molar-refractivity contribution in [1.82, 2.24) is 15.0 Å². The van der Waals surface area contributed by atoms with E-state index in [2.05, 4.69) is 107 Å². The van der Waals surface area contributed by atoms with Gasteiger partial charge in [0.2, 0.25) is 0 Å². The lowest BCUT2D eigenvalue weighted by Gasteiger charge is -2.48. The molecule has 2 heterocycles. The molecule has 8 aromatic rings. The third kappa shape index (κ3) is 4.66. The van der Waals surface area contributed by atoms with Crippen molar-refractivity contribution in [2.45, 2.75) is 38.5 Å². The Morgan fingerprint density at radius 3 is 1.57 bits per heavy atom. The summed E-state index contributed by atoms with van der Waals surface area (Å²) in [7, 11) is 0. The summed E-state index contributed by atoms with van der Waals surface area (Å²) < 4.78 is 2.70. The van der Waals surface area contributed by atoms with Crippen LogP contribution in [0.15, 0.2) is 140 Å². The maximum Gasteiger partial charge on any atom is 0.164 e. The van der Waals surface area contributed by atoms with Crippen molar-refractivity contribution >= 4 is 31.5 Å². The van der Waals surface area contributed by atoms with Gasteiger partial charge >= 0.3 is 0 Å². The van der Waals surface area contributed by atoms with Crippen LogP contribution in [-0.2, 0) is 10.8 Å². The van der Waals surface area contributed by atoms with Gasteiger partial charge in [0.1, 0.15) is 0 Å². The molecule has 9 rings (SSSR count). The fourth-order valence-electron chi connectivity index (χ4n) is 7.50. The van der Waals surface area contributed by atoms with E-state index in [1.165, 1.54) is 53.6 Å². The molecule has 1 aliphatic rings. The summed E-state index contributed by atoms with van der Waals surface area (Å²) in [5.74, 6) is 2.00. The normalized spacial score (nSPS) is 14.4. The Hall–Kier alpha value is -5.45. The molecule has 4 heteroatoms. The molecule has 1 aliphatic carbocycles. The number of thiophene rings is 1. The summed E-state index contributed by atoms with van der Waals surface area (Å²) in [4.78, 5) is 14.7. The first-order chi connectivity index (χ1) is 23.8. The smallest absolute Gasteiger partial charge is 0.164 e. The van der Waals surface area contributed by atoms with Crippen LogP contribution >= 0.6 is 11.3 Å². The molecule has 0 spiro atoms. The average Bonchev–Trinajstić information content (AvgIpc) is 3.53. The van der Waals surface area contributed by atoms with E-state index in [0.29, 0.717) is 17.5 Å². The Bertz CT molecular complexity index is 2470. The quantitative estimate of drug-likeness (QED) is 0.190. The van der Waals surface area contributed by atoms with Crippen LogP contribution in [0.3, 0.4) is 0 Å². The predicted octanol–water partition coefficient (Wildman–Crippen LogP) is 12.1. The van der Waals surface area contributed by atoms with Crippen molar-refractivity contribution in [1.29, 1.82) is 0 Å². The van der Waals surface area contributed by atoms with Crippen molar-refractivity contribution in [3.63, 3.8) is 0 Å². The van der Waals surface area contributed by atoms with E-state index in [4.69, 9.17) is 15.0 Å². The first kappa shape index (κ1) is 29.7. The van der Waals surface area contributed by atoms with E-state index in [-0.39, 0.29) is 10.8 Å². The van der Waals surface area contributed by atoms with Gasteiger partial charge in [-0.05, 0) is 62.4 Å². The van der Waals surface area contributed by atoms with Crippen LogP contribution in [0.1, 0.15) is 38.8 Å². The Kier molecular flexibility index (Phi) is 6.69. The van der Waals surface area contributed by atoms with E-state index in [1.54, 1.807) is 0 Å². The number of hydrogen-bond acceptors (Lipinski definition) is 4. The molecule has 0 radical (unpaired) electrons. The molecule has 0 aliphatic heterocycles. The van der Waals surface area contributed by atoms with Gasteiger partial charge in [-0.25, -0.2) is 15.0 Å². The Labute approximate surface area is 291 Å². The van der Waals surface area contributed by atoms with Crippen LogP contribution in [0.5, 0.6) is 0 Å². The molecular formula is C45H35N3S. The summed E-state index contributed by atoms with van der Waals surface area (Å²) in [6.45, 7) is 9.65. The number of fused-ring (bicyclic) bond motifs is 7. The van der Waals surface area contributed by atoms with Gasteiger partial charge < -0.3 is 0 Å². The van der Waals surface area contributed by atoms with Crippen LogP contribution < -0.4 is 0 Å². The first-order valence-electron chi connectivity index (χ1n) is 16.9. The van der Waals surface area contributed by atoms with Crippen LogP contribution in [-0.4, -0.2) is 15.0 Å². The SMILES string of the molecule is CC1(C)c2cc(-c3ccc(-c4nc(-c5ccccc5)nc(-c5ccccc5)n4)cc3)ccc2-c2c(ccc3sc4ccccc4c23)C1(C)C. The number of aromatic nitrogens is 3. The lowest BCUT2D eigenvalue weighted by Crippen LogP contribution is -2.43. The molecule has 0 unspecified atom stereocenters. The van der Waals surface area contributed by atoms with Crippen molar-refractivity contribution in [2.75, 3.05) is 0 Å². The summed E-state index contributed by atoms with van der Waals surface area (Å²) in [6.07, 6.45) is 0. The van der Waals surface area contributed by atoms with E-state index >= 15 is 0 Å². The predicted molar refractivity (Wildman–Crippen MR) is 206 cm³/mol. The molecule has 0 fully saturated rings. The largest absolute Gasteiger partial charge is 0.208 e. The van der Waals surface area contributed by atoms with Gasteiger partial charge in [-0.3, -0.25) is 0 Å². The Morgan fingerprint density at radius 1 is 0.429 bits per heavy atom. The van der Waals surface area contributed by atoms with Gasteiger partial charge in [0.15, 0.2) is 17.5 Å². The Balaban J connectivity index is 1.15. The molecule has 0 bridgehead atoms. The highest BCUT2D eigenvalue weighted by molar-refractivity contribution is 7.25. The summed E-state index contributed by atoms with van der Waals surface area (Å²) in [6, 6.07) is 49.6. The maximum absolute atomic E-state index is 4.94. The number of nitrogens with zero attached hydrogens (tertiary/aromatic N) is 3. The fourth-order valence-corrected chi connectivity index (χ4v) is 8.61.